The molecule has 122 valence electrons. The van der Waals surface area contributed by atoms with Crippen LogP contribution in [0.25, 0.3) is 10.9 Å². The van der Waals surface area contributed by atoms with Crippen LogP contribution in [0.2, 0.25) is 0 Å². The molecule has 1 amide bonds. The Morgan fingerprint density at radius 1 is 1.22 bits per heavy atom. The smallest absolute Gasteiger partial charge is 0.340 e. The van der Waals surface area contributed by atoms with Gasteiger partial charge in [-0.05, 0) is 18.6 Å². The highest BCUT2D eigenvalue weighted by atomic mass is 16.5. The summed E-state index contributed by atoms with van der Waals surface area (Å²) in [6, 6.07) is 7.55. The summed E-state index contributed by atoms with van der Waals surface area (Å²) in [6.45, 7) is 1.73. The van der Waals surface area contributed by atoms with Gasteiger partial charge in [0.05, 0.1) is 23.4 Å². The van der Waals surface area contributed by atoms with Gasteiger partial charge in [0.2, 0.25) is 0 Å². The molecule has 2 rings (SSSR count). The van der Waals surface area contributed by atoms with Gasteiger partial charge in [0.25, 0.3) is 5.91 Å². The van der Waals surface area contributed by atoms with Crippen molar-refractivity contribution in [2.45, 2.75) is 13.5 Å². The number of ether oxygens (including phenoxy) is 2. The van der Waals surface area contributed by atoms with Crippen molar-refractivity contribution in [1.82, 2.24) is 9.88 Å². The highest BCUT2D eigenvalue weighted by Crippen LogP contribution is 2.24. The van der Waals surface area contributed by atoms with Crippen molar-refractivity contribution in [3.63, 3.8) is 0 Å². The van der Waals surface area contributed by atoms with E-state index in [1.54, 1.807) is 14.1 Å². The van der Waals surface area contributed by atoms with Crippen LogP contribution in [-0.4, -0.2) is 49.6 Å². The van der Waals surface area contributed by atoms with Crippen LogP contribution in [0, 0.1) is 6.92 Å². The van der Waals surface area contributed by atoms with E-state index in [9.17, 15) is 9.59 Å². The number of aryl methyl sites for hydroxylation is 1. The fraction of sp³-hybridized carbons (Fsp3) is 0.353. The number of likely N-dealkylation sites (N-methyl/N-ethyl adjacent to an activating group) is 1. The van der Waals surface area contributed by atoms with Crippen LogP contribution in [0.3, 0.4) is 0 Å². The zero-order chi connectivity index (χ0) is 17.0. The van der Waals surface area contributed by atoms with Crippen molar-refractivity contribution in [2.24, 2.45) is 0 Å². The van der Waals surface area contributed by atoms with E-state index >= 15 is 0 Å². The molecule has 0 bridgehead atoms. The number of fused-ring (bicyclic) bond motifs is 1. The largest absolute Gasteiger partial charge is 0.452 e. The highest BCUT2D eigenvalue weighted by Gasteiger charge is 2.21. The predicted molar refractivity (Wildman–Crippen MR) is 86.2 cm³/mol. The molecule has 0 saturated heterocycles. The van der Waals surface area contributed by atoms with Gasteiger partial charge in [0.15, 0.2) is 6.61 Å². The molecule has 1 heterocycles. The zero-order valence-electron chi connectivity index (χ0n) is 13.8. The standard InChI is InChI=1S/C17H20N2O4/c1-11-12-7-5-6-8-13(12)18-14(9-22-4)16(11)17(21)23-10-15(20)19(2)3/h5-8H,9-10H2,1-4H3. The number of methoxy groups -OCH3 is 1. The van der Waals surface area contributed by atoms with E-state index < -0.39 is 5.97 Å². The van der Waals surface area contributed by atoms with Crippen LogP contribution in [-0.2, 0) is 20.9 Å². The van der Waals surface area contributed by atoms with Gasteiger partial charge in [-0.2, -0.15) is 0 Å². The van der Waals surface area contributed by atoms with Crippen molar-refractivity contribution in [3.05, 3.63) is 41.1 Å². The molecule has 0 aliphatic rings. The third-order valence-electron chi connectivity index (χ3n) is 3.54. The van der Waals surface area contributed by atoms with E-state index in [1.807, 2.05) is 31.2 Å². The summed E-state index contributed by atoms with van der Waals surface area (Å²) in [4.78, 5) is 29.9. The fourth-order valence-corrected chi connectivity index (χ4v) is 2.28. The number of amides is 1. The second kappa shape index (κ2) is 7.19. The molecule has 23 heavy (non-hydrogen) atoms. The van der Waals surface area contributed by atoms with Gasteiger partial charge < -0.3 is 14.4 Å². The minimum Gasteiger partial charge on any atom is -0.452 e. The second-order valence-electron chi connectivity index (χ2n) is 5.37. The molecule has 1 aromatic carbocycles. The van der Waals surface area contributed by atoms with Crippen molar-refractivity contribution >= 4 is 22.8 Å². The molecular weight excluding hydrogens is 296 g/mol. The number of aromatic nitrogens is 1. The number of carbonyl (C=O) groups excluding carboxylic acids is 2. The zero-order valence-corrected chi connectivity index (χ0v) is 13.8. The Bertz CT molecular complexity index is 741. The molecule has 0 atom stereocenters. The monoisotopic (exact) mass is 316 g/mol. The molecule has 0 spiro atoms. The first-order chi connectivity index (χ1) is 11.0. The number of rotatable bonds is 5. The lowest BCUT2D eigenvalue weighted by atomic mass is 10.0. The van der Waals surface area contributed by atoms with Gasteiger partial charge in [-0.15, -0.1) is 0 Å². The van der Waals surface area contributed by atoms with E-state index in [0.29, 0.717) is 11.3 Å². The first-order valence-corrected chi connectivity index (χ1v) is 7.20. The van der Waals surface area contributed by atoms with Gasteiger partial charge >= 0.3 is 5.97 Å². The van der Waals surface area contributed by atoms with Crippen LogP contribution >= 0.6 is 0 Å². The average molecular weight is 316 g/mol. The first kappa shape index (κ1) is 16.9. The number of benzene rings is 1. The third-order valence-corrected chi connectivity index (χ3v) is 3.54. The van der Waals surface area contributed by atoms with Crippen LogP contribution in [0.1, 0.15) is 21.6 Å². The summed E-state index contributed by atoms with van der Waals surface area (Å²) in [5.41, 5.74) is 2.42. The Hall–Kier alpha value is -2.47. The minimum atomic E-state index is -0.567. The SMILES string of the molecule is COCc1nc2ccccc2c(C)c1C(=O)OCC(=O)N(C)C. The number of hydrogen-bond acceptors (Lipinski definition) is 5. The predicted octanol–water partition coefficient (Wildman–Crippen LogP) is 1.93. The summed E-state index contributed by atoms with van der Waals surface area (Å²) in [5, 5.41) is 0.873. The highest BCUT2D eigenvalue weighted by molar-refractivity contribution is 5.99. The molecule has 0 unspecified atom stereocenters. The lowest BCUT2D eigenvalue weighted by molar-refractivity contribution is -0.131. The van der Waals surface area contributed by atoms with E-state index in [1.165, 1.54) is 12.0 Å². The summed E-state index contributed by atoms with van der Waals surface area (Å²) < 4.78 is 10.3. The van der Waals surface area contributed by atoms with Gasteiger partial charge in [0.1, 0.15) is 0 Å². The maximum Gasteiger partial charge on any atom is 0.340 e. The molecule has 0 saturated carbocycles. The number of nitrogens with zero attached hydrogens (tertiary/aromatic N) is 2. The molecule has 6 heteroatoms. The Morgan fingerprint density at radius 2 is 1.91 bits per heavy atom. The Kier molecular flexibility index (Phi) is 5.28. The van der Waals surface area contributed by atoms with Gasteiger partial charge in [0, 0.05) is 26.6 Å². The van der Waals surface area contributed by atoms with E-state index in [2.05, 4.69) is 4.98 Å². The quantitative estimate of drug-likeness (QED) is 0.789. The van der Waals surface area contributed by atoms with Crippen molar-refractivity contribution < 1.29 is 19.1 Å². The molecule has 2 aromatic rings. The molecule has 0 aliphatic carbocycles. The van der Waals surface area contributed by atoms with Gasteiger partial charge in [-0.3, -0.25) is 4.79 Å². The van der Waals surface area contributed by atoms with E-state index in [4.69, 9.17) is 9.47 Å². The molecular formula is C17H20N2O4. The molecule has 1 aromatic heterocycles. The van der Waals surface area contributed by atoms with Crippen LogP contribution in [0.15, 0.2) is 24.3 Å². The van der Waals surface area contributed by atoms with Gasteiger partial charge in [-0.1, -0.05) is 18.2 Å². The topological polar surface area (TPSA) is 68.7 Å². The van der Waals surface area contributed by atoms with E-state index in [0.717, 1.165) is 16.5 Å². The molecule has 0 N–H and O–H groups in total. The maximum absolute atomic E-state index is 12.4. The Labute approximate surface area is 135 Å². The summed E-state index contributed by atoms with van der Waals surface area (Å²) in [7, 11) is 4.75. The first-order valence-electron chi connectivity index (χ1n) is 7.20. The van der Waals surface area contributed by atoms with Crippen molar-refractivity contribution in [2.75, 3.05) is 27.8 Å². The number of esters is 1. The van der Waals surface area contributed by atoms with Gasteiger partial charge in [-0.25, -0.2) is 9.78 Å². The summed E-state index contributed by atoms with van der Waals surface area (Å²) >= 11 is 0. The summed E-state index contributed by atoms with van der Waals surface area (Å²) in [6.07, 6.45) is 0. The van der Waals surface area contributed by atoms with Crippen LogP contribution < -0.4 is 0 Å². The van der Waals surface area contributed by atoms with Crippen LogP contribution in [0.5, 0.6) is 0 Å². The fourth-order valence-electron chi connectivity index (χ4n) is 2.28. The average Bonchev–Trinajstić information content (AvgIpc) is 2.52. The normalized spacial score (nSPS) is 10.6. The van der Waals surface area contributed by atoms with Crippen molar-refractivity contribution in [3.8, 4) is 0 Å². The van der Waals surface area contributed by atoms with Crippen molar-refractivity contribution in [1.29, 1.82) is 0 Å². The number of para-hydroxylation sites is 1. The number of pyridine rings is 1. The molecule has 0 fully saturated rings. The lowest BCUT2D eigenvalue weighted by Gasteiger charge is -2.15. The number of hydrogen-bond donors (Lipinski definition) is 0. The third kappa shape index (κ3) is 3.65. The maximum atomic E-state index is 12.4. The minimum absolute atomic E-state index is 0.192. The lowest BCUT2D eigenvalue weighted by Crippen LogP contribution is -2.28. The Morgan fingerprint density at radius 3 is 2.57 bits per heavy atom. The summed E-state index contributed by atoms with van der Waals surface area (Å²) in [5.74, 6) is -0.846. The second-order valence-corrected chi connectivity index (χ2v) is 5.37. The van der Waals surface area contributed by atoms with E-state index in [-0.39, 0.29) is 19.1 Å². The Balaban J connectivity index is 2.40. The molecule has 0 aliphatic heterocycles. The molecule has 6 nitrogen and oxygen atoms in total. The van der Waals surface area contributed by atoms with Crippen LogP contribution in [0.4, 0.5) is 0 Å². The number of carbonyl (C=O) groups is 2. The molecule has 0 radical (unpaired) electrons.